The standard InChI is InChI=1S/C32H23Br2N3O6/c1-18(38)42-26-13-11-20(16-27(26)41-2)32(40)43-25-14-12-22(33)15-21(25)17-35-37-31(39)30-28(19-7-4-3-5-8-19)23-9-6-10-24(34)29(23)36-30/h3-17,36H,1-2H3,(H,37,39). The molecule has 216 valence electrons. The largest absolute Gasteiger partial charge is 0.493 e. The minimum Gasteiger partial charge on any atom is -0.493 e. The van der Waals surface area contributed by atoms with E-state index in [1.807, 2.05) is 48.5 Å². The van der Waals surface area contributed by atoms with Crippen LogP contribution in [-0.2, 0) is 4.79 Å². The molecule has 4 aromatic carbocycles. The van der Waals surface area contributed by atoms with Gasteiger partial charge < -0.3 is 19.2 Å². The van der Waals surface area contributed by atoms with Crippen molar-refractivity contribution in [1.82, 2.24) is 10.4 Å². The third-order valence-corrected chi connectivity index (χ3v) is 7.42. The molecule has 1 heterocycles. The second-order valence-corrected chi connectivity index (χ2v) is 10.9. The summed E-state index contributed by atoms with van der Waals surface area (Å²) in [5, 5.41) is 5.04. The van der Waals surface area contributed by atoms with Crippen molar-refractivity contribution in [3.05, 3.63) is 111 Å². The molecule has 11 heteroatoms. The van der Waals surface area contributed by atoms with E-state index in [-0.39, 0.29) is 22.8 Å². The first-order valence-electron chi connectivity index (χ1n) is 12.8. The normalized spacial score (nSPS) is 11.0. The smallest absolute Gasteiger partial charge is 0.343 e. The molecule has 0 unspecified atom stereocenters. The van der Waals surface area contributed by atoms with Gasteiger partial charge in [-0.1, -0.05) is 58.4 Å². The first-order chi connectivity index (χ1) is 20.7. The molecule has 0 aliphatic carbocycles. The number of esters is 2. The third kappa shape index (κ3) is 6.68. The number of amides is 1. The van der Waals surface area contributed by atoms with Crippen molar-refractivity contribution in [1.29, 1.82) is 0 Å². The van der Waals surface area contributed by atoms with E-state index in [2.05, 4.69) is 47.4 Å². The van der Waals surface area contributed by atoms with E-state index in [0.717, 1.165) is 26.5 Å². The van der Waals surface area contributed by atoms with E-state index in [0.29, 0.717) is 15.7 Å². The molecule has 9 nitrogen and oxygen atoms in total. The number of H-pyrrole nitrogens is 1. The molecule has 1 aromatic heterocycles. The molecule has 5 rings (SSSR count). The lowest BCUT2D eigenvalue weighted by atomic mass is 10.0. The highest BCUT2D eigenvalue weighted by atomic mass is 79.9. The lowest BCUT2D eigenvalue weighted by molar-refractivity contribution is -0.132. The van der Waals surface area contributed by atoms with Gasteiger partial charge in [-0.15, -0.1) is 0 Å². The highest BCUT2D eigenvalue weighted by Gasteiger charge is 2.20. The Bertz CT molecular complexity index is 1890. The minimum absolute atomic E-state index is 0.172. The van der Waals surface area contributed by atoms with Crippen LogP contribution in [0.4, 0.5) is 0 Å². The van der Waals surface area contributed by atoms with Gasteiger partial charge in [-0.05, 0) is 64.0 Å². The first-order valence-corrected chi connectivity index (χ1v) is 14.4. The summed E-state index contributed by atoms with van der Waals surface area (Å²) in [5.74, 6) is -1.07. The van der Waals surface area contributed by atoms with Crippen LogP contribution in [0.25, 0.3) is 22.0 Å². The molecule has 2 N–H and O–H groups in total. The highest BCUT2D eigenvalue weighted by molar-refractivity contribution is 9.11. The van der Waals surface area contributed by atoms with Gasteiger partial charge in [-0.25, -0.2) is 10.2 Å². The quantitative estimate of drug-likeness (QED) is 0.0759. The second kappa shape index (κ2) is 13.1. The number of nitrogens with one attached hydrogen (secondary N) is 2. The number of carbonyl (C=O) groups is 3. The van der Waals surface area contributed by atoms with Crippen molar-refractivity contribution in [3.8, 4) is 28.4 Å². The number of hydrazone groups is 1. The summed E-state index contributed by atoms with van der Waals surface area (Å²) >= 11 is 6.97. The van der Waals surface area contributed by atoms with Crippen molar-refractivity contribution >= 4 is 66.8 Å². The maximum atomic E-state index is 13.4. The van der Waals surface area contributed by atoms with Crippen LogP contribution >= 0.6 is 31.9 Å². The van der Waals surface area contributed by atoms with Crippen molar-refractivity contribution in [3.63, 3.8) is 0 Å². The number of ether oxygens (including phenoxy) is 3. The molecule has 1 amide bonds. The van der Waals surface area contributed by atoms with Crippen molar-refractivity contribution in [2.75, 3.05) is 7.11 Å². The molecule has 0 aliphatic rings. The van der Waals surface area contributed by atoms with E-state index >= 15 is 0 Å². The molecule has 43 heavy (non-hydrogen) atoms. The predicted molar refractivity (Wildman–Crippen MR) is 170 cm³/mol. The number of methoxy groups -OCH3 is 1. The number of aromatic amines is 1. The fourth-order valence-electron chi connectivity index (χ4n) is 4.38. The number of hydrogen-bond donors (Lipinski definition) is 2. The molecule has 5 aromatic rings. The van der Waals surface area contributed by atoms with Crippen molar-refractivity contribution < 1.29 is 28.6 Å². The topological polar surface area (TPSA) is 119 Å². The Kier molecular flexibility index (Phi) is 9.03. The molecular formula is C32H23Br2N3O6. The predicted octanol–water partition coefficient (Wildman–Crippen LogP) is 7.28. The Hall–Kier alpha value is -4.74. The summed E-state index contributed by atoms with van der Waals surface area (Å²) in [6.07, 6.45) is 1.39. The van der Waals surface area contributed by atoms with Gasteiger partial charge >= 0.3 is 11.9 Å². The maximum absolute atomic E-state index is 13.4. The highest BCUT2D eigenvalue weighted by Crippen LogP contribution is 2.35. The van der Waals surface area contributed by atoms with E-state index in [4.69, 9.17) is 14.2 Å². The summed E-state index contributed by atoms with van der Waals surface area (Å²) < 4.78 is 17.5. The van der Waals surface area contributed by atoms with Gasteiger partial charge in [0.25, 0.3) is 5.91 Å². The van der Waals surface area contributed by atoms with Gasteiger partial charge in [0.2, 0.25) is 0 Å². The van der Waals surface area contributed by atoms with Gasteiger partial charge in [0, 0.05) is 32.4 Å². The lowest BCUT2D eigenvalue weighted by Gasteiger charge is -2.11. The molecule has 0 spiro atoms. The number of fused-ring (bicyclic) bond motifs is 1. The Morgan fingerprint density at radius 2 is 1.63 bits per heavy atom. The molecule has 0 atom stereocenters. The molecule has 0 aliphatic heterocycles. The molecular weight excluding hydrogens is 682 g/mol. The first kappa shape index (κ1) is 29.7. The number of para-hydroxylation sites is 1. The SMILES string of the molecule is COc1cc(C(=O)Oc2ccc(Br)cc2C=NNC(=O)c2[nH]c3c(Br)cccc3c2-c2ccccc2)ccc1OC(C)=O. The molecule has 0 fully saturated rings. The van der Waals surface area contributed by atoms with Gasteiger partial charge in [-0.3, -0.25) is 9.59 Å². The Morgan fingerprint density at radius 1 is 0.860 bits per heavy atom. The monoisotopic (exact) mass is 703 g/mol. The van der Waals surface area contributed by atoms with E-state index in [1.165, 1.54) is 38.4 Å². The van der Waals surface area contributed by atoms with Crippen LogP contribution in [0.3, 0.4) is 0 Å². The van der Waals surface area contributed by atoms with Crippen LogP contribution in [-0.4, -0.2) is 36.2 Å². The molecule has 0 saturated heterocycles. The van der Waals surface area contributed by atoms with E-state index in [9.17, 15) is 14.4 Å². The van der Waals surface area contributed by atoms with Gasteiger partial charge in [0.15, 0.2) is 11.5 Å². The minimum atomic E-state index is -0.676. The summed E-state index contributed by atoms with van der Waals surface area (Å²) in [7, 11) is 1.40. The Labute approximate surface area is 263 Å². The number of halogens is 2. The number of rotatable bonds is 8. The molecule has 0 radical (unpaired) electrons. The van der Waals surface area contributed by atoms with E-state index in [1.54, 1.807) is 18.2 Å². The molecule has 0 saturated carbocycles. The number of aromatic nitrogens is 1. The van der Waals surface area contributed by atoms with Crippen LogP contribution in [0.15, 0.2) is 99.0 Å². The zero-order valence-electron chi connectivity index (χ0n) is 22.8. The Balaban J connectivity index is 1.39. The summed E-state index contributed by atoms with van der Waals surface area (Å²) in [6, 6.07) is 24.7. The number of hydrogen-bond acceptors (Lipinski definition) is 7. The van der Waals surface area contributed by atoms with Crippen LogP contribution in [0, 0.1) is 0 Å². The van der Waals surface area contributed by atoms with Crippen molar-refractivity contribution in [2.24, 2.45) is 5.10 Å². The Morgan fingerprint density at radius 3 is 2.37 bits per heavy atom. The van der Waals surface area contributed by atoms with Crippen LogP contribution < -0.4 is 19.6 Å². The van der Waals surface area contributed by atoms with Gasteiger partial charge in [0.1, 0.15) is 11.4 Å². The van der Waals surface area contributed by atoms with Crippen LogP contribution in [0.1, 0.15) is 33.3 Å². The van der Waals surface area contributed by atoms with Crippen LogP contribution in [0.2, 0.25) is 0 Å². The zero-order valence-corrected chi connectivity index (χ0v) is 26.0. The third-order valence-electron chi connectivity index (χ3n) is 6.27. The lowest BCUT2D eigenvalue weighted by Crippen LogP contribution is -2.19. The fourth-order valence-corrected chi connectivity index (χ4v) is 5.22. The average Bonchev–Trinajstić information content (AvgIpc) is 3.40. The number of carbonyl (C=O) groups excluding carboxylic acids is 3. The summed E-state index contributed by atoms with van der Waals surface area (Å²) in [6.45, 7) is 1.27. The van der Waals surface area contributed by atoms with Crippen molar-refractivity contribution in [2.45, 2.75) is 6.92 Å². The number of nitrogens with zero attached hydrogens (tertiary/aromatic N) is 1. The fraction of sp³-hybridized carbons (Fsp3) is 0.0625. The molecule has 0 bridgehead atoms. The van der Waals surface area contributed by atoms with Gasteiger partial charge in [-0.2, -0.15) is 5.10 Å². The number of benzene rings is 4. The summed E-state index contributed by atoms with van der Waals surface area (Å²) in [4.78, 5) is 40.9. The zero-order chi connectivity index (χ0) is 30.5. The summed E-state index contributed by atoms with van der Waals surface area (Å²) in [5.41, 5.74) is 5.93. The second-order valence-electron chi connectivity index (χ2n) is 9.13. The average molecular weight is 705 g/mol. The van der Waals surface area contributed by atoms with E-state index < -0.39 is 17.8 Å². The van der Waals surface area contributed by atoms with Gasteiger partial charge in [0.05, 0.1) is 24.4 Å². The maximum Gasteiger partial charge on any atom is 0.343 e. The van der Waals surface area contributed by atoms with Crippen LogP contribution in [0.5, 0.6) is 17.2 Å².